The van der Waals surface area contributed by atoms with Crippen LogP contribution in [0.2, 0.25) is 15.1 Å². The van der Waals surface area contributed by atoms with Crippen LogP contribution in [0, 0.1) is 21.4 Å². The quantitative estimate of drug-likeness (QED) is 0.150. The Bertz CT molecular complexity index is 1370. The average molecular weight is 533 g/mol. The number of hydrogen-bond donors (Lipinski definition) is 1. The molecule has 178 valence electrons. The van der Waals surface area contributed by atoms with Gasteiger partial charge in [-0.1, -0.05) is 53.0 Å². The van der Waals surface area contributed by atoms with Crippen LogP contribution < -0.4 is 14.8 Å². The van der Waals surface area contributed by atoms with Gasteiger partial charge in [-0.3, -0.25) is 14.9 Å². The number of ether oxygens (including phenoxy) is 2. The van der Waals surface area contributed by atoms with Gasteiger partial charge in [-0.2, -0.15) is 5.26 Å². The molecule has 0 saturated heterocycles. The minimum atomic E-state index is -0.697. The number of anilines is 1. The SMILES string of the molecule is COc1cc(/C=C(/C#N)C(=O)Nc2cccc(Cl)c2Cl)cc(Cl)c1OCc1cccc([N+](=O)[O-])c1. The van der Waals surface area contributed by atoms with E-state index in [-0.39, 0.29) is 50.1 Å². The summed E-state index contributed by atoms with van der Waals surface area (Å²) in [6.07, 6.45) is 1.33. The predicted molar refractivity (Wildman–Crippen MR) is 134 cm³/mol. The summed E-state index contributed by atoms with van der Waals surface area (Å²) in [5.41, 5.74) is 0.934. The molecule has 8 nitrogen and oxygen atoms in total. The molecule has 0 unspecified atom stereocenters. The Morgan fingerprint density at radius 3 is 2.57 bits per heavy atom. The second kappa shape index (κ2) is 11.6. The number of non-ortho nitro benzene ring substituents is 1. The molecule has 11 heteroatoms. The molecule has 0 aliphatic heterocycles. The van der Waals surface area contributed by atoms with Crippen molar-refractivity contribution in [3.8, 4) is 17.6 Å². The molecule has 1 amide bonds. The van der Waals surface area contributed by atoms with E-state index in [0.29, 0.717) is 11.1 Å². The number of carbonyl (C=O) groups is 1. The zero-order chi connectivity index (χ0) is 25.5. The molecule has 0 saturated carbocycles. The van der Waals surface area contributed by atoms with Crippen molar-refractivity contribution in [3.63, 3.8) is 0 Å². The highest BCUT2D eigenvalue weighted by Crippen LogP contribution is 2.38. The molecule has 3 aromatic carbocycles. The zero-order valence-electron chi connectivity index (χ0n) is 18.1. The molecular weight excluding hydrogens is 517 g/mol. The van der Waals surface area contributed by atoms with Crippen molar-refractivity contribution in [2.24, 2.45) is 0 Å². The lowest BCUT2D eigenvalue weighted by molar-refractivity contribution is -0.384. The second-order valence-electron chi connectivity index (χ2n) is 6.98. The van der Waals surface area contributed by atoms with Crippen molar-refractivity contribution >= 4 is 58.2 Å². The third-order valence-corrected chi connectivity index (χ3v) is 5.73. The Morgan fingerprint density at radius 1 is 1.14 bits per heavy atom. The second-order valence-corrected chi connectivity index (χ2v) is 8.17. The van der Waals surface area contributed by atoms with Crippen LogP contribution >= 0.6 is 34.8 Å². The van der Waals surface area contributed by atoms with Crippen LogP contribution in [0.4, 0.5) is 11.4 Å². The standard InChI is InChI=1S/C24H16Cl3N3O5/c1-34-21-11-15(8-16(12-28)24(31)29-20-7-3-6-18(25)22(20)27)10-19(26)23(21)35-13-14-4-2-5-17(9-14)30(32)33/h2-11H,13H2,1H3,(H,29,31)/b16-8-. The smallest absolute Gasteiger partial charge is 0.269 e. The van der Waals surface area contributed by atoms with E-state index in [4.69, 9.17) is 44.3 Å². The number of nitro groups is 1. The summed E-state index contributed by atoms with van der Waals surface area (Å²) < 4.78 is 11.1. The number of halogens is 3. The number of nitriles is 1. The lowest BCUT2D eigenvalue weighted by atomic mass is 10.1. The van der Waals surface area contributed by atoms with E-state index in [1.807, 2.05) is 6.07 Å². The average Bonchev–Trinajstić information content (AvgIpc) is 2.84. The van der Waals surface area contributed by atoms with E-state index in [0.717, 1.165) is 0 Å². The van der Waals surface area contributed by atoms with Crippen molar-refractivity contribution < 1.29 is 19.2 Å². The number of methoxy groups -OCH3 is 1. The predicted octanol–water partition coefficient (Wildman–Crippen LogP) is 6.69. The largest absolute Gasteiger partial charge is 0.493 e. The van der Waals surface area contributed by atoms with Gasteiger partial charge in [0.05, 0.1) is 32.8 Å². The first-order valence-electron chi connectivity index (χ1n) is 9.84. The van der Waals surface area contributed by atoms with Crippen LogP contribution in [0.5, 0.6) is 11.5 Å². The van der Waals surface area contributed by atoms with Crippen LogP contribution in [0.1, 0.15) is 11.1 Å². The van der Waals surface area contributed by atoms with Gasteiger partial charge in [0.15, 0.2) is 11.5 Å². The van der Waals surface area contributed by atoms with E-state index in [2.05, 4.69) is 5.32 Å². The maximum Gasteiger partial charge on any atom is 0.269 e. The van der Waals surface area contributed by atoms with E-state index < -0.39 is 10.8 Å². The third kappa shape index (κ3) is 6.43. The van der Waals surface area contributed by atoms with Crippen LogP contribution in [0.3, 0.4) is 0 Å². The monoisotopic (exact) mass is 531 g/mol. The molecule has 0 heterocycles. The van der Waals surface area contributed by atoms with Gasteiger partial charge < -0.3 is 14.8 Å². The highest BCUT2D eigenvalue weighted by atomic mass is 35.5. The number of nitrogens with one attached hydrogen (secondary N) is 1. The summed E-state index contributed by atoms with van der Waals surface area (Å²) in [7, 11) is 1.40. The van der Waals surface area contributed by atoms with Gasteiger partial charge in [-0.05, 0) is 41.5 Å². The van der Waals surface area contributed by atoms with Gasteiger partial charge in [-0.15, -0.1) is 0 Å². The number of benzene rings is 3. The third-order valence-electron chi connectivity index (χ3n) is 4.63. The fourth-order valence-corrected chi connectivity index (χ4v) is 3.61. The molecule has 0 aliphatic rings. The molecule has 0 spiro atoms. The first-order valence-corrected chi connectivity index (χ1v) is 11.0. The van der Waals surface area contributed by atoms with Crippen LogP contribution in [-0.2, 0) is 11.4 Å². The molecule has 3 rings (SSSR count). The Kier molecular flexibility index (Phi) is 8.55. The molecule has 0 bridgehead atoms. The summed E-state index contributed by atoms with van der Waals surface area (Å²) in [5, 5.41) is 23.6. The Balaban J connectivity index is 1.83. The first-order chi connectivity index (χ1) is 16.7. The lowest BCUT2D eigenvalue weighted by Crippen LogP contribution is -2.13. The maximum atomic E-state index is 12.6. The highest BCUT2D eigenvalue weighted by Gasteiger charge is 2.16. The molecular formula is C24H16Cl3N3O5. The summed E-state index contributed by atoms with van der Waals surface area (Å²) in [4.78, 5) is 23.1. The topological polar surface area (TPSA) is 114 Å². The van der Waals surface area contributed by atoms with Gasteiger partial charge in [0.25, 0.3) is 11.6 Å². The fourth-order valence-electron chi connectivity index (χ4n) is 2.98. The van der Waals surface area contributed by atoms with Gasteiger partial charge in [0.1, 0.15) is 18.2 Å². The lowest BCUT2D eigenvalue weighted by Gasteiger charge is -2.14. The van der Waals surface area contributed by atoms with Crippen LogP contribution in [0.25, 0.3) is 6.08 Å². The first kappa shape index (κ1) is 25.8. The van der Waals surface area contributed by atoms with Crippen LogP contribution in [-0.4, -0.2) is 17.9 Å². The van der Waals surface area contributed by atoms with Gasteiger partial charge in [0.2, 0.25) is 0 Å². The van der Waals surface area contributed by atoms with E-state index >= 15 is 0 Å². The number of rotatable bonds is 8. The number of carbonyl (C=O) groups excluding carboxylic acids is 1. The van der Waals surface area contributed by atoms with Gasteiger partial charge in [0, 0.05) is 12.1 Å². The van der Waals surface area contributed by atoms with Gasteiger partial charge >= 0.3 is 0 Å². The van der Waals surface area contributed by atoms with E-state index in [1.54, 1.807) is 30.3 Å². The van der Waals surface area contributed by atoms with Crippen molar-refractivity contribution in [2.45, 2.75) is 6.61 Å². The molecule has 35 heavy (non-hydrogen) atoms. The van der Waals surface area contributed by atoms with Crippen molar-refractivity contribution in [1.29, 1.82) is 5.26 Å². The number of nitrogens with zero attached hydrogens (tertiary/aromatic N) is 2. The van der Waals surface area contributed by atoms with Gasteiger partial charge in [-0.25, -0.2) is 0 Å². The van der Waals surface area contributed by atoms with E-state index in [1.165, 1.54) is 37.5 Å². The van der Waals surface area contributed by atoms with E-state index in [9.17, 15) is 20.2 Å². The van der Waals surface area contributed by atoms with Crippen LogP contribution in [0.15, 0.2) is 60.2 Å². The fraction of sp³-hybridized carbons (Fsp3) is 0.0833. The summed E-state index contributed by atoms with van der Waals surface area (Å²) in [6, 6.07) is 15.6. The summed E-state index contributed by atoms with van der Waals surface area (Å²) in [6.45, 7) is -0.000802. The summed E-state index contributed by atoms with van der Waals surface area (Å²) in [5.74, 6) is -0.256. The molecule has 0 fully saturated rings. The Labute approximate surface area is 215 Å². The Morgan fingerprint density at radius 2 is 1.89 bits per heavy atom. The van der Waals surface area contributed by atoms with Crippen molar-refractivity contribution in [2.75, 3.05) is 12.4 Å². The number of nitro benzene ring substituents is 1. The summed E-state index contributed by atoms with van der Waals surface area (Å²) >= 11 is 18.4. The molecule has 1 N–H and O–H groups in total. The van der Waals surface area contributed by atoms with Crippen molar-refractivity contribution in [1.82, 2.24) is 0 Å². The zero-order valence-corrected chi connectivity index (χ0v) is 20.3. The minimum Gasteiger partial charge on any atom is -0.493 e. The highest BCUT2D eigenvalue weighted by molar-refractivity contribution is 6.44. The number of hydrogen-bond acceptors (Lipinski definition) is 6. The normalized spacial score (nSPS) is 10.9. The molecule has 3 aromatic rings. The molecule has 0 aromatic heterocycles. The Hall–Kier alpha value is -3.77. The molecule has 0 atom stereocenters. The molecule has 0 aliphatic carbocycles. The minimum absolute atomic E-state index is 0.000802. The number of amides is 1. The molecule has 0 radical (unpaired) electrons. The van der Waals surface area contributed by atoms with Crippen molar-refractivity contribution in [3.05, 3.63) is 96.5 Å². The maximum absolute atomic E-state index is 12.6.